The van der Waals surface area contributed by atoms with E-state index >= 15 is 0 Å². The van der Waals surface area contributed by atoms with E-state index in [1.807, 2.05) is 0 Å². The number of halogens is 1. The third-order valence-corrected chi connectivity index (χ3v) is 8.82. The van der Waals surface area contributed by atoms with Gasteiger partial charge in [-0.2, -0.15) is 31.8 Å². The summed E-state index contributed by atoms with van der Waals surface area (Å²) >= 11 is 6.03. The van der Waals surface area contributed by atoms with Gasteiger partial charge in [-0.3, -0.25) is 9.11 Å². The van der Waals surface area contributed by atoms with Gasteiger partial charge in [0.25, 0.3) is 10.1 Å². The van der Waals surface area contributed by atoms with Crippen molar-refractivity contribution in [1.29, 1.82) is 0 Å². The monoisotopic (exact) mass is 645 g/mol. The average molecular weight is 646 g/mol. The van der Waals surface area contributed by atoms with Crippen molar-refractivity contribution in [2.24, 2.45) is 0 Å². The number of rotatable bonds is 10. The Kier molecular flexibility index (Phi) is 8.37. The van der Waals surface area contributed by atoms with E-state index in [0.29, 0.717) is 22.1 Å². The number of fused-ring (bicyclic) bond motifs is 1. The number of aromatic hydroxyl groups is 1. The fourth-order valence-electron chi connectivity index (χ4n) is 3.64. The molecule has 0 aliphatic carbocycles. The van der Waals surface area contributed by atoms with E-state index in [4.69, 9.17) is 16.2 Å². The van der Waals surface area contributed by atoms with Crippen LogP contribution in [0.3, 0.4) is 0 Å². The molecule has 19 heteroatoms. The Bertz CT molecular complexity index is 1970. The fraction of sp³-hybridized carbons (Fsp3) is 0.136. The van der Waals surface area contributed by atoms with E-state index in [9.17, 15) is 34.9 Å². The predicted molar refractivity (Wildman–Crippen MR) is 148 cm³/mol. The van der Waals surface area contributed by atoms with Gasteiger partial charge in [0.15, 0.2) is 9.84 Å². The van der Waals surface area contributed by atoms with Gasteiger partial charge < -0.3 is 15.7 Å². The lowest BCUT2D eigenvalue weighted by atomic mass is 10.1. The van der Waals surface area contributed by atoms with Crippen molar-refractivity contribution in [2.75, 3.05) is 23.0 Å². The number of benzene rings is 3. The smallest absolute Gasteiger partial charge is 0.397 e. The SMILES string of the molecule is Cc1c(S(=O)(=O)O)cc2cc(Nc3nc(Cl)nc(Nc4ccc(S(=O)(=O)CCOS(=O)(=O)O)cc4)n3)ccc2c1O. The molecule has 15 nitrogen and oxygen atoms in total. The highest BCUT2D eigenvalue weighted by molar-refractivity contribution is 7.91. The maximum absolute atomic E-state index is 12.3. The van der Waals surface area contributed by atoms with Gasteiger partial charge in [0, 0.05) is 22.3 Å². The van der Waals surface area contributed by atoms with Crippen LogP contribution in [0.4, 0.5) is 23.3 Å². The molecular formula is C22H20ClN5O10S3. The second-order valence-electron chi connectivity index (χ2n) is 8.35. The summed E-state index contributed by atoms with van der Waals surface area (Å²) < 4.78 is 91.4. The Morgan fingerprint density at radius 1 is 0.854 bits per heavy atom. The van der Waals surface area contributed by atoms with Crippen LogP contribution in [0, 0.1) is 6.92 Å². The number of nitrogens with one attached hydrogen (secondary N) is 2. The summed E-state index contributed by atoms with van der Waals surface area (Å²) in [6, 6.07) is 11.1. The molecule has 0 unspecified atom stereocenters. The highest BCUT2D eigenvalue weighted by Crippen LogP contribution is 2.35. The number of nitrogens with zero attached hydrogens (tertiary/aromatic N) is 3. The van der Waals surface area contributed by atoms with E-state index in [0.717, 1.165) is 0 Å². The standard InChI is InChI=1S/C22H20ClN5O10S3/c1-12-18(40(32,33)34)11-13-10-15(4-7-17(13)19(12)29)25-22-27-20(23)26-21(28-22)24-14-2-5-16(6-3-14)39(30,31)9-8-38-41(35,36)37/h2-7,10-11,29H,8-9H2,1H3,(H,32,33,34)(H,35,36,37)(H2,24,25,26,27,28). The highest BCUT2D eigenvalue weighted by atomic mass is 35.5. The Labute approximate surface area is 238 Å². The Morgan fingerprint density at radius 2 is 1.44 bits per heavy atom. The largest absolute Gasteiger partial charge is 0.507 e. The van der Waals surface area contributed by atoms with Crippen LogP contribution in [0.5, 0.6) is 5.75 Å². The van der Waals surface area contributed by atoms with E-state index < -0.39 is 47.6 Å². The van der Waals surface area contributed by atoms with Crippen molar-refractivity contribution in [1.82, 2.24) is 15.0 Å². The molecule has 0 fully saturated rings. The zero-order valence-electron chi connectivity index (χ0n) is 20.7. The van der Waals surface area contributed by atoms with E-state index in [2.05, 4.69) is 29.8 Å². The normalized spacial score (nSPS) is 12.4. The maximum atomic E-state index is 12.3. The quantitative estimate of drug-likeness (QED) is 0.156. The van der Waals surface area contributed by atoms with Crippen LogP contribution < -0.4 is 10.6 Å². The van der Waals surface area contributed by atoms with Crippen LogP contribution in [0.25, 0.3) is 10.8 Å². The summed E-state index contributed by atoms with van der Waals surface area (Å²) in [4.78, 5) is 11.6. The lowest BCUT2D eigenvalue weighted by Crippen LogP contribution is -2.15. The molecule has 5 N–H and O–H groups in total. The molecule has 0 aliphatic rings. The van der Waals surface area contributed by atoms with Crippen molar-refractivity contribution in [3.63, 3.8) is 0 Å². The van der Waals surface area contributed by atoms with Gasteiger partial charge in [0.05, 0.1) is 17.3 Å². The molecule has 218 valence electrons. The molecule has 1 aromatic heterocycles. The zero-order valence-corrected chi connectivity index (χ0v) is 23.9. The van der Waals surface area contributed by atoms with Crippen molar-refractivity contribution in [2.45, 2.75) is 16.7 Å². The van der Waals surface area contributed by atoms with E-state index in [1.54, 1.807) is 6.07 Å². The summed E-state index contributed by atoms with van der Waals surface area (Å²) in [6.07, 6.45) is 0. The first kappa shape index (κ1) is 30.3. The predicted octanol–water partition coefficient (Wildman–Crippen LogP) is 3.02. The van der Waals surface area contributed by atoms with Gasteiger partial charge in [0.1, 0.15) is 10.6 Å². The molecule has 41 heavy (non-hydrogen) atoms. The van der Waals surface area contributed by atoms with Crippen molar-refractivity contribution < 1.29 is 43.6 Å². The number of aromatic nitrogens is 3. The molecule has 1 heterocycles. The van der Waals surface area contributed by atoms with Gasteiger partial charge in [-0.1, -0.05) is 0 Å². The highest BCUT2D eigenvalue weighted by Gasteiger charge is 2.19. The minimum Gasteiger partial charge on any atom is -0.507 e. The van der Waals surface area contributed by atoms with Gasteiger partial charge in [0.2, 0.25) is 17.2 Å². The molecule has 4 rings (SSSR count). The summed E-state index contributed by atoms with van der Waals surface area (Å²) in [6.45, 7) is 0.598. The summed E-state index contributed by atoms with van der Waals surface area (Å²) in [5.74, 6) is -1.03. The van der Waals surface area contributed by atoms with Gasteiger partial charge >= 0.3 is 10.4 Å². The Morgan fingerprint density at radius 3 is 2.02 bits per heavy atom. The van der Waals surface area contributed by atoms with Crippen LogP contribution in [-0.2, 0) is 34.5 Å². The first-order valence-electron chi connectivity index (χ1n) is 11.2. The zero-order chi connectivity index (χ0) is 30.2. The topological polar surface area (TPSA) is 235 Å². The number of hydrogen-bond acceptors (Lipinski definition) is 13. The lowest BCUT2D eigenvalue weighted by molar-refractivity contribution is 0.284. The molecule has 0 aliphatic heterocycles. The molecule has 0 bridgehead atoms. The van der Waals surface area contributed by atoms with E-state index in [-0.39, 0.29) is 33.4 Å². The Hall–Kier alpha value is -3.65. The molecule has 0 spiro atoms. The third kappa shape index (κ3) is 7.55. The summed E-state index contributed by atoms with van der Waals surface area (Å²) in [5, 5.41) is 16.5. The first-order chi connectivity index (χ1) is 19.0. The average Bonchev–Trinajstić information content (AvgIpc) is 2.84. The van der Waals surface area contributed by atoms with Crippen LogP contribution in [0.2, 0.25) is 5.28 Å². The first-order valence-corrected chi connectivity index (χ1v) is 16.0. The van der Waals surface area contributed by atoms with Crippen molar-refractivity contribution in [3.8, 4) is 5.75 Å². The van der Waals surface area contributed by atoms with Crippen LogP contribution in [0.15, 0.2) is 58.3 Å². The summed E-state index contributed by atoms with van der Waals surface area (Å²) in [7, 11) is -13.3. The van der Waals surface area contributed by atoms with Gasteiger partial charge in [-0.25, -0.2) is 12.6 Å². The van der Waals surface area contributed by atoms with Crippen LogP contribution in [-0.4, -0.2) is 66.8 Å². The van der Waals surface area contributed by atoms with Gasteiger partial charge in [-0.05, 0) is 72.4 Å². The minimum atomic E-state index is -4.77. The number of anilines is 4. The van der Waals surface area contributed by atoms with Crippen LogP contribution >= 0.6 is 11.6 Å². The second-order valence-corrected chi connectivity index (χ2v) is 13.3. The minimum absolute atomic E-state index is 0.00234. The van der Waals surface area contributed by atoms with Crippen molar-refractivity contribution >= 4 is 76.0 Å². The molecule has 3 aromatic carbocycles. The molecule has 0 atom stereocenters. The lowest BCUT2D eigenvalue weighted by Gasteiger charge is -2.12. The molecule has 0 saturated carbocycles. The molecule has 0 saturated heterocycles. The Balaban J connectivity index is 1.53. The number of sulfone groups is 1. The fourth-order valence-corrected chi connectivity index (χ4v) is 6.05. The van der Waals surface area contributed by atoms with E-state index in [1.165, 1.54) is 49.4 Å². The number of hydrogen-bond donors (Lipinski definition) is 5. The summed E-state index contributed by atoms with van der Waals surface area (Å²) in [5.41, 5.74) is 0.737. The van der Waals surface area contributed by atoms with Crippen LogP contribution in [0.1, 0.15) is 5.56 Å². The molecule has 0 amide bonds. The second kappa shape index (κ2) is 11.3. The molecule has 0 radical (unpaired) electrons. The molecular weight excluding hydrogens is 626 g/mol. The number of phenols is 1. The van der Waals surface area contributed by atoms with Gasteiger partial charge in [-0.15, -0.1) is 0 Å². The third-order valence-electron chi connectivity index (χ3n) is 5.51. The number of phenolic OH excluding ortho intramolecular Hbond substituents is 1. The van der Waals surface area contributed by atoms with Crippen molar-refractivity contribution in [3.05, 3.63) is 59.4 Å². The molecule has 4 aromatic rings. The maximum Gasteiger partial charge on any atom is 0.397 e.